The quantitative estimate of drug-likeness (QED) is 0.526. The summed E-state index contributed by atoms with van der Waals surface area (Å²) in [5.41, 5.74) is 6.95. The van der Waals surface area contributed by atoms with Crippen LogP contribution in [0.5, 0.6) is 11.5 Å². The summed E-state index contributed by atoms with van der Waals surface area (Å²) in [6, 6.07) is 1.63. The van der Waals surface area contributed by atoms with Gasteiger partial charge >= 0.3 is 0 Å². The van der Waals surface area contributed by atoms with Crippen LogP contribution in [-0.4, -0.2) is 21.9 Å². The fraction of sp³-hybridized carbons (Fsp3) is 0.400. The fourth-order valence-corrected chi connectivity index (χ4v) is 1.29. The molecule has 0 fully saturated rings. The summed E-state index contributed by atoms with van der Waals surface area (Å²) in [5, 5.41) is 28.5. The molecule has 0 aliphatic carbocycles. The number of aliphatic hydroxyl groups is 1. The second-order valence-electron chi connectivity index (χ2n) is 3.36. The second kappa shape index (κ2) is 3.86. The van der Waals surface area contributed by atoms with Gasteiger partial charge in [0.1, 0.15) is 0 Å². The molecular formula is C10H15NO3. The molecule has 0 radical (unpaired) electrons. The first kappa shape index (κ1) is 10.8. The number of nitrogens with two attached hydrogens (primary N) is 1. The number of rotatable bonds is 2. The van der Waals surface area contributed by atoms with E-state index in [-0.39, 0.29) is 23.6 Å². The Morgan fingerprint density at radius 3 is 2.36 bits per heavy atom. The van der Waals surface area contributed by atoms with E-state index in [4.69, 9.17) is 5.73 Å². The first-order chi connectivity index (χ1) is 6.49. The third-order valence-corrected chi connectivity index (χ3v) is 2.40. The molecule has 1 aromatic carbocycles. The van der Waals surface area contributed by atoms with Gasteiger partial charge in [0.25, 0.3) is 0 Å². The lowest BCUT2D eigenvalue weighted by Crippen LogP contribution is -2.12. The molecule has 0 aliphatic heterocycles. The number of hydrogen-bond donors (Lipinski definition) is 4. The smallest absolute Gasteiger partial charge is 0.163 e. The molecule has 5 N–H and O–H groups in total. The number of aliphatic hydroxyl groups excluding tert-OH is 1. The monoisotopic (exact) mass is 197 g/mol. The zero-order valence-corrected chi connectivity index (χ0v) is 8.28. The summed E-state index contributed by atoms with van der Waals surface area (Å²) in [6.45, 7) is 3.50. The predicted molar refractivity (Wildman–Crippen MR) is 53.3 cm³/mol. The third kappa shape index (κ3) is 1.66. The number of aryl methyl sites for hydroxylation is 1. The van der Waals surface area contributed by atoms with E-state index in [0.717, 1.165) is 5.56 Å². The Kier molecular flexibility index (Phi) is 2.98. The van der Waals surface area contributed by atoms with E-state index < -0.39 is 6.10 Å². The van der Waals surface area contributed by atoms with E-state index in [1.807, 2.05) is 0 Å². The zero-order valence-electron chi connectivity index (χ0n) is 8.28. The maximum absolute atomic E-state index is 9.54. The standard InChI is InChI=1S/C10H15NO3/c1-5-3-7(8(12)4-11)10(14)9(13)6(5)2/h3,8,12-14H,4,11H2,1-2H3. The van der Waals surface area contributed by atoms with Crippen LogP contribution in [0.25, 0.3) is 0 Å². The van der Waals surface area contributed by atoms with E-state index in [0.29, 0.717) is 5.56 Å². The Morgan fingerprint density at radius 2 is 1.86 bits per heavy atom. The molecule has 4 heteroatoms. The van der Waals surface area contributed by atoms with E-state index in [1.54, 1.807) is 19.9 Å². The molecule has 1 aromatic rings. The van der Waals surface area contributed by atoms with Gasteiger partial charge < -0.3 is 21.1 Å². The molecule has 0 aromatic heterocycles. The largest absolute Gasteiger partial charge is 0.504 e. The molecule has 0 spiro atoms. The Labute approximate surface area is 82.6 Å². The van der Waals surface area contributed by atoms with Gasteiger partial charge in [0.15, 0.2) is 11.5 Å². The van der Waals surface area contributed by atoms with Crippen LogP contribution in [0.15, 0.2) is 6.07 Å². The molecule has 0 bridgehead atoms. The van der Waals surface area contributed by atoms with Crippen molar-refractivity contribution in [1.29, 1.82) is 0 Å². The normalized spacial score (nSPS) is 12.9. The van der Waals surface area contributed by atoms with Crippen molar-refractivity contribution >= 4 is 0 Å². The molecule has 0 saturated carbocycles. The summed E-state index contributed by atoms with van der Waals surface area (Å²) in [4.78, 5) is 0. The summed E-state index contributed by atoms with van der Waals surface area (Å²) in [5.74, 6) is -0.474. The lowest BCUT2D eigenvalue weighted by Gasteiger charge is -2.14. The Morgan fingerprint density at radius 1 is 1.29 bits per heavy atom. The average molecular weight is 197 g/mol. The average Bonchev–Trinajstić information content (AvgIpc) is 2.19. The van der Waals surface area contributed by atoms with E-state index in [9.17, 15) is 15.3 Å². The molecule has 0 saturated heterocycles. The van der Waals surface area contributed by atoms with E-state index in [2.05, 4.69) is 0 Å². The van der Waals surface area contributed by atoms with Crippen molar-refractivity contribution in [2.75, 3.05) is 6.54 Å². The minimum absolute atomic E-state index is 0.00943. The van der Waals surface area contributed by atoms with Crippen molar-refractivity contribution < 1.29 is 15.3 Å². The molecule has 0 aliphatic rings. The third-order valence-electron chi connectivity index (χ3n) is 2.40. The SMILES string of the molecule is Cc1cc(C(O)CN)c(O)c(O)c1C. The number of phenols is 2. The van der Waals surface area contributed by atoms with Crippen molar-refractivity contribution in [3.05, 3.63) is 22.8 Å². The molecular weight excluding hydrogens is 182 g/mol. The molecule has 14 heavy (non-hydrogen) atoms. The van der Waals surface area contributed by atoms with Crippen LogP contribution in [-0.2, 0) is 0 Å². The second-order valence-corrected chi connectivity index (χ2v) is 3.36. The number of phenolic OH excluding ortho intramolecular Hbond substituents is 2. The highest BCUT2D eigenvalue weighted by Gasteiger charge is 2.16. The van der Waals surface area contributed by atoms with Crippen molar-refractivity contribution in [3.63, 3.8) is 0 Å². The van der Waals surface area contributed by atoms with Crippen molar-refractivity contribution in [2.45, 2.75) is 20.0 Å². The minimum atomic E-state index is -0.944. The Balaban J connectivity index is 3.33. The van der Waals surface area contributed by atoms with Gasteiger partial charge in [-0.15, -0.1) is 0 Å². The highest BCUT2D eigenvalue weighted by molar-refractivity contribution is 5.53. The van der Waals surface area contributed by atoms with Gasteiger partial charge in [0, 0.05) is 12.1 Å². The predicted octanol–water partition coefficient (Wildman–Crippen LogP) is 0.707. The molecule has 0 amide bonds. The van der Waals surface area contributed by atoms with Crippen LogP contribution in [0.2, 0.25) is 0 Å². The number of hydrogen-bond acceptors (Lipinski definition) is 4. The van der Waals surface area contributed by atoms with Crippen LogP contribution in [0.1, 0.15) is 22.8 Å². The Bertz CT molecular complexity index is 350. The summed E-state index contributed by atoms with van der Waals surface area (Å²) < 4.78 is 0. The lowest BCUT2D eigenvalue weighted by molar-refractivity contribution is 0.181. The molecule has 1 rings (SSSR count). The zero-order chi connectivity index (χ0) is 10.9. The van der Waals surface area contributed by atoms with E-state index in [1.165, 1.54) is 0 Å². The van der Waals surface area contributed by atoms with Gasteiger partial charge in [-0.05, 0) is 31.0 Å². The summed E-state index contributed by atoms with van der Waals surface area (Å²) in [6.07, 6.45) is -0.944. The van der Waals surface area contributed by atoms with E-state index >= 15 is 0 Å². The number of benzene rings is 1. The maximum Gasteiger partial charge on any atom is 0.163 e. The molecule has 78 valence electrons. The highest BCUT2D eigenvalue weighted by atomic mass is 16.3. The van der Waals surface area contributed by atoms with Gasteiger partial charge in [-0.3, -0.25) is 0 Å². The van der Waals surface area contributed by atoms with Crippen LogP contribution in [0.4, 0.5) is 0 Å². The van der Waals surface area contributed by atoms with Crippen molar-refractivity contribution in [2.24, 2.45) is 5.73 Å². The number of aromatic hydroxyl groups is 2. The molecule has 0 heterocycles. The van der Waals surface area contributed by atoms with Crippen LogP contribution >= 0.6 is 0 Å². The summed E-state index contributed by atoms with van der Waals surface area (Å²) >= 11 is 0. The van der Waals surface area contributed by atoms with Crippen molar-refractivity contribution in [3.8, 4) is 11.5 Å². The lowest BCUT2D eigenvalue weighted by atomic mass is 10.00. The highest BCUT2D eigenvalue weighted by Crippen LogP contribution is 2.37. The minimum Gasteiger partial charge on any atom is -0.504 e. The van der Waals surface area contributed by atoms with Crippen LogP contribution < -0.4 is 5.73 Å². The van der Waals surface area contributed by atoms with Gasteiger partial charge in [-0.2, -0.15) is 0 Å². The maximum atomic E-state index is 9.54. The van der Waals surface area contributed by atoms with Gasteiger partial charge in [-0.25, -0.2) is 0 Å². The topological polar surface area (TPSA) is 86.7 Å². The molecule has 4 nitrogen and oxygen atoms in total. The molecule has 1 atom stereocenters. The summed E-state index contributed by atoms with van der Waals surface area (Å²) in [7, 11) is 0. The van der Waals surface area contributed by atoms with Crippen LogP contribution in [0, 0.1) is 13.8 Å². The van der Waals surface area contributed by atoms with Crippen LogP contribution in [0.3, 0.4) is 0 Å². The molecule has 1 unspecified atom stereocenters. The fourth-order valence-electron chi connectivity index (χ4n) is 1.29. The van der Waals surface area contributed by atoms with Gasteiger partial charge in [0.05, 0.1) is 6.10 Å². The van der Waals surface area contributed by atoms with Gasteiger partial charge in [0.2, 0.25) is 0 Å². The Hall–Kier alpha value is -1.26. The first-order valence-corrected chi connectivity index (χ1v) is 4.39. The van der Waals surface area contributed by atoms with Gasteiger partial charge in [-0.1, -0.05) is 0 Å². The first-order valence-electron chi connectivity index (χ1n) is 4.39. The van der Waals surface area contributed by atoms with Crippen molar-refractivity contribution in [1.82, 2.24) is 0 Å².